The molecule has 20 rings (SSSR count). The molecule has 0 aromatic heterocycles. The summed E-state index contributed by atoms with van der Waals surface area (Å²) in [5.41, 5.74) is 14.4. The SMILES string of the molecule is CC1(C)c2ccc3cc2Cc2ccc4cc2Cc2ccc(cc21)OCOc1ccc2c(c1)Cc1ccc(cc1Cc1ccc(cc1C2)OCO3)OCO4. The first-order valence-corrected chi connectivity index (χ1v) is 18.4. The van der Waals surface area contributed by atoms with E-state index < -0.39 is 0 Å². The van der Waals surface area contributed by atoms with Gasteiger partial charge in [0.2, 0.25) is 20.4 Å². The van der Waals surface area contributed by atoms with E-state index in [2.05, 4.69) is 123 Å². The Bertz CT molecular complexity index is 2410. The second-order valence-corrected chi connectivity index (χ2v) is 15.1. The smallest absolute Gasteiger partial charge is 0.230 e. The van der Waals surface area contributed by atoms with Gasteiger partial charge in [0.1, 0.15) is 34.5 Å². The van der Waals surface area contributed by atoms with Gasteiger partial charge in [0.15, 0.2) is 0 Å². The zero-order valence-corrected chi connectivity index (χ0v) is 30.0. The Morgan fingerprint density at radius 2 is 0.604 bits per heavy atom. The Labute approximate surface area is 309 Å². The Hall–Kier alpha value is -5.88. The number of hydrogen-bond acceptors (Lipinski definition) is 6. The van der Waals surface area contributed by atoms with E-state index in [4.69, 9.17) is 28.4 Å². The second kappa shape index (κ2) is 12.7. The largest absolute Gasteiger partial charge is 0.457 e. The molecule has 53 heavy (non-hydrogen) atoms. The molecule has 6 heteroatoms. The summed E-state index contributed by atoms with van der Waals surface area (Å²) in [5, 5.41) is 0. The normalized spacial score (nSPS) is 16.2. The molecule has 0 fully saturated rings. The number of rotatable bonds is 0. The summed E-state index contributed by atoms with van der Waals surface area (Å²) in [6.45, 7) is 4.90. The van der Waals surface area contributed by atoms with Gasteiger partial charge in [-0.3, -0.25) is 0 Å². The minimum absolute atomic E-state index is 0.0969. The number of ether oxygens (including phenoxy) is 6. The minimum atomic E-state index is -0.344. The molecule has 6 aromatic rings. The molecule has 0 unspecified atom stereocenters. The molecule has 12 heterocycles. The molecule has 0 N–H and O–H groups in total. The Morgan fingerprint density at radius 3 is 1.02 bits per heavy atom. The van der Waals surface area contributed by atoms with Crippen molar-refractivity contribution in [1.82, 2.24) is 0 Å². The molecular formula is C47H40O6. The van der Waals surface area contributed by atoms with Gasteiger partial charge < -0.3 is 28.4 Å². The molecule has 0 atom stereocenters. The van der Waals surface area contributed by atoms with Crippen molar-refractivity contribution < 1.29 is 28.4 Å². The summed E-state index contributed by atoms with van der Waals surface area (Å²) in [5.74, 6) is 4.66. The fourth-order valence-electron chi connectivity index (χ4n) is 8.58. The van der Waals surface area contributed by atoms with Crippen LogP contribution in [0.3, 0.4) is 0 Å². The average molecular weight is 701 g/mol. The Balaban J connectivity index is 1.19. The van der Waals surface area contributed by atoms with Crippen molar-refractivity contribution in [3.63, 3.8) is 0 Å². The van der Waals surface area contributed by atoms with Crippen molar-refractivity contribution in [2.45, 2.75) is 51.4 Å². The predicted molar refractivity (Wildman–Crippen MR) is 203 cm³/mol. The molecule has 0 spiro atoms. The van der Waals surface area contributed by atoms with Crippen LogP contribution < -0.4 is 28.4 Å². The van der Waals surface area contributed by atoms with E-state index in [1.807, 2.05) is 0 Å². The lowest BCUT2D eigenvalue weighted by Crippen LogP contribution is -2.23. The monoisotopic (exact) mass is 700 g/mol. The van der Waals surface area contributed by atoms with Crippen LogP contribution in [-0.2, 0) is 37.5 Å². The summed E-state index contributed by atoms with van der Waals surface area (Å²) in [6.07, 6.45) is 3.78. The number of benzene rings is 6. The first-order valence-electron chi connectivity index (χ1n) is 18.4. The maximum absolute atomic E-state index is 6.37. The van der Waals surface area contributed by atoms with Crippen LogP contribution in [-0.4, -0.2) is 20.4 Å². The third kappa shape index (κ3) is 6.02. The highest BCUT2D eigenvalue weighted by Crippen LogP contribution is 2.42. The van der Waals surface area contributed by atoms with Gasteiger partial charge in [-0.1, -0.05) is 50.2 Å². The summed E-state index contributed by atoms with van der Waals surface area (Å²) in [4.78, 5) is 0. The molecule has 0 amide bonds. The van der Waals surface area contributed by atoms with Crippen LogP contribution in [0.25, 0.3) is 0 Å². The highest BCUT2D eigenvalue weighted by molar-refractivity contribution is 5.56. The van der Waals surface area contributed by atoms with E-state index in [-0.39, 0.29) is 25.8 Å². The van der Waals surface area contributed by atoms with Crippen molar-refractivity contribution in [2.24, 2.45) is 0 Å². The van der Waals surface area contributed by atoms with Gasteiger partial charge in [-0.25, -0.2) is 0 Å². The van der Waals surface area contributed by atoms with Crippen molar-refractivity contribution in [1.29, 1.82) is 0 Å². The quantitative estimate of drug-likeness (QED) is 0.157. The minimum Gasteiger partial charge on any atom is -0.457 e. The molecular weight excluding hydrogens is 661 g/mol. The topological polar surface area (TPSA) is 55.4 Å². The van der Waals surface area contributed by atoms with Gasteiger partial charge >= 0.3 is 0 Å². The molecule has 6 nitrogen and oxygen atoms in total. The zero-order valence-electron chi connectivity index (χ0n) is 30.0. The van der Waals surface area contributed by atoms with Crippen LogP contribution >= 0.6 is 0 Å². The van der Waals surface area contributed by atoms with Gasteiger partial charge in [0, 0.05) is 5.41 Å². The average Bonchev–Trinajstić information content (AvgIpc) is 3.23. The summed E-state index contributed by atoms with van der Waals surface area (Å²) < 4.78 is 38.0. The third-order valence-corrected chi connectivity index (χ3v) is 11.5. The summed E-state index contributed by atoms with van der Waals surface area (Å²) in [6, 6.07) is 38.6. The highest BCUT2D eigenvalue weighted by Gasteiger charge is 2.31. The molecule has 6 aromatic carbocycles. The van der Waals surface area contributed by atoms with Gasteiger partial charge in [-0.15, -0.1) is 0 Å². The van der Waals surface area contributed by atoms with Gasteiger partial charge in [0.05, 0.1) is 0 Å². The van der Waals surface area contributed by atoms with Crippen molar-refractivity contribution in [2.75, 3.05) is 20.4 Å². The van der Waals surface area contributed by atoms with E-state index in [1.54, 1.807) is 0 Å². The van der Waals surface area contributed by atoms with Crippen LogP contribution in [0.15, 0.2) is 109 Å². The first kappa shape index (κ1) is 31.8. The van der Waals surface area contributed by atoms with Crippen molar-refractivity contribution in [3.8, 4) is 34.5 Å². The fourth-order valence-corrected chi connectivity index (χ4v) is 8.58. The highest BCUT2D eigenvalue weighted by atomic mass is 16.7. The van der Waals surface area contributed by atoms with Crippen LogP contribution in [0.4, 0.5) is 0 Å². The summed E-state index contributed by atoms with van der Waals surface area (Å²) >= 11 is 0. The lowest BCUT2D eigenvalue weighted by atomic mass is 9.73. The van der Waals surface area contributed by atoms with E-state index in [9.17, 15) is 0 Å². The first-order chi connectivity index (χ1) is 25.9. The van der Waals surface area contributed by atoms with E-state index in [0.717, 1.165) is 66.6 Å². The molecule has 264 valence electrons. The third-order valence-electron chi connectivity index (χ3n) is 11.5. The van der Waals surface area contributed by atoms with Gasteiger partial charge in [-0.05, 0) is 172 Å². The Kier molecular flexibility index (Phi) is 7.60. The molecule has 0 saturated carbocycles. The van der Waals surface area contributed by atoms with Crippen LogP contribution in [0.2, 0.25) is 0 Å². The maximum Gasteiger partial charge on any atom is 0.230 e. The maximum atomic E-state index is 6.37. The predicted octanol–water partition coefficient (Wildman–Crippen LogP) is 9.47. The molecule has 0 radical (unpaired) electrons. The number of hydrogen-bond donors (Lipinski definition) is 0. The lowest BCUT2D eigenvalue weighted by Gasteiger charge is -2.31. The van der Waals surface area contributed by atoms with Crippen LogP contribution in [0.5, 0.6) is 34.5 Å². The van der Waals surface area contributed by atoms with Gasteiger partial charge in [-0.2, -0.15) is 0 Å². The lowest BCUT2D eigenvalue weighted by molar-refractivity contribution is 0.119. The van der Waals surface area contributed by atoms with Gasteiger partial charge in [0.25, 0.3) is 0 Å². The summed E-state index contributed by atoms with van der Waals surface area (Å²) in [7, 11) is 0. The van der Waals surface area contributed by atoms with Crippen LogP contribution in [0.1, 0.15) is 80.6 Å². The standard InChI is InChI=1S/C47H40O6/c1-47(2)45-14-13-43-24-38(45)18-32-6-11-42-23-37(32)19-33-7-12-44(25-46(33)47)53-28-51-41-10-5-31-16-35-21-40(50-27-52-43)9-4-30(35)15-34-20-39(48-26-49-42)8-3-29(34)17-36(31)22-41/h3-14,20-25H,15-19,26-28H2,1-2H3. The van der Waals surface area contributed by atoms with E-state index in [0.29, 0.717) is 0 Å². The van der Waals surface area contributed by atoms with Crippen molar-refractivity contribution >= 4 is 0 Å². The van der Waals surface area contributed by atoms with E-state index in [1.165, 1.54) is 66.8 Å². The fraction of sp³-hybridized carbons (Fsp3) is 0.234. The zero-order chi connectivity index (χ0) is 35.5. The van der Waals surface area contributed by atoms with E-state index >= 15 is 0 Å². The molecule has 0 saturated heterocycles. The van der Waals surface area contributed by atoms with Crippen LogP contribution in [0, 0.1) is 0 Å². The molecule has 14 aliphatic rings. The van der Waals surface area contributed by atoms with Crippen molar-refractivity contribution in [3.05, 3.63) is 176 Å². The molecule has 12 aliphatic heterocycles. The molecule has 2 aliphatic carbocycles. The second-order valence-electron chi connectivity index (χ2n) is 15.1. The molecule has 18 bridgehead atoms. The Morgan fingerprint density at radius 1 is 0.302 bits per heavy atom.